The van der Waals surface area contributed by atoms with E-state index >= 15 is 0 Å². The second kappa shape index (κ2) is 6.55. The van der Waals surface area contributed by atoms with Crippen molar-refractivity contribution in [2.24, 2.45) is 0 Å². The number of nitrogens with one attached hydrogen (secondary N) is 1. The van der Waals surface area contributed by atoms with Crippen molar-refractivity contribution < 1.29 is 4.92 Å². The van der Waals surface area contributed by atoms with E-state index in [1.54, 1.807) is 0 Å². The van der Waals surface area contributed by atoms with Gasteiger partial charge in [-0.25, -0.2) is 4.98 Å². The fourth-order valence-corrected chi connectivity index (χ4v) is 2.82. The number of nitrogens with zero attached hydrogens (tertiary/aromatic N) is 3. The maximum atomic E-state index is 10.9. The highest BCUT2D eigenvalue weighted by atomic mass is 35.5. The van der Waals surface area contributed by atoms with Crippen LogP contribution in [0.2, 0.25) is 10.0 Å². The predicted molar refractivity (Wildman–Crippen MR) is 97.4 cm³/mol. The molecule has 0 bridgehead atoms. The lowest BCUT2D eigenvalue weighted by atomic mass is 10.1. The molecule has 1 aromatic heterocycles. The number of aromatic amines is 1. The van der Waals surface area contributed by atoms with Gasteiger partial charge in [-0.15, -0.1) is 0 Å². The van der Waals surface area contributed by atoms with Crippen LogP contribution in [0.25, 0.3) is 22.7 Å². The quantitative estimate of drug-likeness (QED) is 0.390. The number of benzene rings is 2. The van der Waals surface area contributed by atoms with Gasteiger partial charge in [-0.3, -0.25) is 10.1 Å². The average Bonchev–Trinajstić information content (AvgIpc) is 2.98. The Labute approximate surface area is 152 Å². The molecule has 0 saturated carbocycles. The predicted octanol–water partition coefficient (Wildman–Crippen LogP) is 5.15. The molecule has 0 unspecified atom stereocenters. The van der Waals surface area contributed by atoms with Crippen molar-refractivity contribution in [3.63, 3.8) is 0 Å². The maximum absolute atomic E-state index is 10.9. The van der Waals surface area contributed by atoms with Crippen LogP contribution in [0.4, 0.5) is 5.69 Å². The zero-order valence-corrected chi connectivity index (χ0v) is 14.4. The highest BCUT2D eigenvalue weighted by Crippen LogP contribution is 2.35. The van der Waals surface area contributed by atoms with Crippen LogP contribution in [-0.2, 0) is 0 Å². The molecule has 8 heteroatoms. The lowest BCUT2D eigenvalue weighted by Gasteiger charge is -2.03. The van der Waals surface area contributed by atoms with Crippen LogP contribution in [0.5, 0.6) is 0 Å². The van der Waals surface area contributed by atoms with Gasteiger partial charge in [0, 0.05) is 6.07 Å². The fourth-order valence-electron chi connectivity index (χ4n) is 2.37. The van der Waals surface area contributed by atoms with Crippen molar-refractivity contribution >= 4 is 51.6 Å². The number of rotatable bonds is 3. The zero-order chi connectivity index (χ0) is 18.1. The second-order valence-corrected chi connectivity index (χ2v) is 6.09. The number of halogens is 2. The molecule has 6 nitrogen and oxygen atoms in total. The highest BCUT2D eigenvalue weighted by Gasteiger charge is 2.18. The highest BCUT2D eigenvalue weighted by molar-refractivity contribution is 6.44. The molecule has 124 valence electrons. The molecule has 1 heterocycles. The molecule has 0 radical (unpaired) electrons. The molecule has 0 saturated heterocycles. The Morgan fingerprint density at radius 3 is 2.76 bits per heavy atom. The standard InChI is InChI=1S/C17H10Cl2N4O2/c1-9-2-4-12-13(6-9)22-17(21-12)11(8-20)7-10-3-5-14(23(24)25)16(19)15(10)18/h2-7H,1H3,(H,21,22). The van der Waals surface area contributed by atoms with Gasteiger partial charge in [-0.1, -0.05) is 29.3 Å². The van der Waals surface area contributed by atoms with Crippen molar-refractivity contribution in [2.45, 2.75) is 6.92 Å². The van der Waals surface area contributed by atoms with E-state index in [-0.39, 0.29) is 21.3 Å². The molecule has 1 N–H and O–H groups in total. The minimum atomic E-state index is -0.617. The number of hydrogen-bond donors (Lipinski definition) is 1. The van der Waals surface area contributed by atoms with Crippen LogP contribution in [0.3, 0.4) is 0 Å². The van der Waals surface area contributed by atoms with Crippen LogP contribution in [0.15, 0.2) is 30.3 Å². The molecule has 0 spiro atoms. The molecule has 0 amide bonds. The number of hydrogen-bond acceptors (Lipinski definition) is 4. The normalized spacial score (nSPS) is 11.5. The van der Waals surface area contributed by atoms with Crippen LogP contribution in [0.1, 0.15) is 17.0 Å². The minimum Gasteiger partial charge on any atom is -0.337 e. The molecule has 3 aromatic rings. The number of allylic oxidation sites excluding steroid dienone is 1. The monoisotopic (exact) mass is 372 g/mol. The van der Waals surface area contributed by atoms with Gasteiger partial charge in [0.25, 0.3) is 5.69 Å². The number of nitriles is 1. The third-order valence-corrected chi connectivity index (χ3v) is 4.49. The Kier molecular flexibility index (Phi) is 4.45. The van der Waals surface area contributed by atoms with Gasteiger partial charge in [0.1, 0.15) is 16.9 Å². The summed E-state index contributed by atoms with van der Waals surface area (Å²) in [6, 6.07) is 10.5. The Balaban J connectivity index is 2.10. The number of aryl methyl sites for hydroxylation is 1. The smallest absolute Gasteiger partial charge is 0.289 e. The first-order chi connectivity index (χ1) is 11.9. The topological polar surface area (TPSA) is 95.6 Å². The largest absolute Gasteiger partial charge is 0.337 e. The SMILES string of the molecule is Cc1ccc2nc(C(C#N)=Cc3ccc([N+](=O)[O-])c(Cl)c3Cl)[nH]c2c1. The van der Waals surface area contributed by atoms with Crippen LogP contribution < -0.4 is 0 Å². The third-order valence-electron chi connectivity index (χ3n) is 3.60. The molecular weight excluding hydrogens is 363 g/mol. The lowest BCUT2D eigenvalue weighted by Crippen LogP contribution is -1.91. The van der Waals surface area contributed by atoms with Crippen LogP contribution in [0, 0.1) is 28.4 Å². The number of nitro benzene ring substituents is 1. The van der Waals surface area contributed by atoms with Crippen LogP contribution in [-0.4, -0.2) is 14.9 Å². The number of H-pyrrole nitrogens is 1. The molecule has 3 rings (SSSR count). The van der Waals surface area contributed by atoms with E-state index in [0.717, 1.165) is 16.6 Å². The molecule has 0 aliphatic carbocycles. The van der Waals surface area contributed by atoms with Gasteiger partial charge in [0.15, 0.2) is 0 Å². The van der Waals surface area contributed by atoms with Crippen molar-refractivity contribution in [3.8, 4) is 6.07 Å². The van der Waals surface area contributed by atoms with Gasteiger partial charge < -0.3 is 4.98 Å². The Bertz CT molecular complexity index is 1080. The second-order valence-electron chi connectivity index (χ2n) is 5.33. The van der Waals surface area contributed by atoms with Gasteiger partial charge in [0.05, 0.1) is 26.6 Å². The summed E-state index contributed by atoms with van der Waals surface area (Å²) >= 11 is 12.0. The van der Waals surface area contributed by atoms with E-state index in [1.165, 1.54) is 18.2 Å². The Morgan fingerprint density at radius 2 is 2.08 bits per heavy atom. The van der Waals surface area contributed by atoms with E-state index in [0.29, 0.717) is 11.4 Å². The molecule has 2 aromatic carbocycles. The van der Waals surface area contributed by atoms with E-state index in [1.807, 2.05) is 25.1 Å². The van der Waals surface area contributed by atoms with Crippen LogP contribution >= 0.6 is 23.2 Å². The maximum Gasteiger partial charge on any atom is 0.289 e. The third kappa shape index (κ3) is 3.20. The molecule has 0 aliphatic rings. The van der Waals surface area contributed by atoms with Crippen molar-refractivity contribution in [1.82, 2.24) is 9.97 Å². The van der Waals surface area contributed by atoms with E-state index in [4.69, 9.17) is 23.2 Å². The van der Waals surface area contributed by atoms with E-state index in [9.17, 15) is 15.4 Å². The first-order valence-corrected chi connectivity index (χ1v) is 7.87. The van der Waals surface area contributed by atoms with Crippen molar-refractivity contribution in [3.05, 3.63) is 67.4 Å². The summed E-state index contributed by atoms with van der Waals surface area (Å²) in [6.45, 7) is 1.96. The lowest BCUT2D eigenvalue weighted by molar-refractivity contribution is -0.384. The van der Waals surface area contributed by atoms with Crippen molar-refractivity contribution in [1.29, 1.82) is 5.26 Å². The van der Waals surface area contributed by atoms with Gasteiger partial charge in [0.2, 0.25) is 0 Å². The summed E-state index contributed by atoms with van der Waals surface area (Å²) in [5.74, 6) is 0.383. The molecule has 0 fully saturated rings. The summed E-state index contributed by atoms with van der Waals surface area (Å²) in [7, 11) is 0. The van der Waals surface area contributed by atoms with E-state index in [2.05, 4.69) is 16.0 Å². The number of aromatic nitrogens is 2. The zero-order valence-electron chi connectivity index (χ0n) is 12.9. The summed E-state index contributed by atoms with van der Waals surface area (Å²) in [5.41, 5.74) is 2.95. The number of nitro groups is 1. The Morgan fingerprint density at radius 1 is 1.32 bits per heavy atom. The molecule has 0 aliphatic heterocycles. The number of imidazole rings is 1. The van der Waals surface area contributed by atoms with Crippen molar-refractivity contribution in [2.75, 3.05) is 0 Å². The summed E-state index contributed by atoms with van der Waals surface area (Å²) in [5, 5.41) is 20.2. The first-order valence-electron chi connectivity index (χ1n) is 7.11. The molecule has 0 atom stereocenters. The first kappa shape index (κ1) is 17.0. The molecule has 25 heavy (non-hydrogen) atoms. The average molecular weight is 373 g/mol. The van der Waals surface area contributed by atoms with Gasteiger partial charge in [-0.2, -0.15) is 5.26 Å². The minimum absolute atomic E-state index is 0.00979. The summed E-state index contributed by atoms with van der Waals surface area (Å²) in [6.07, 6.45) is 1.49. The summed E-state index contributed by atoms with van der Waals surface area (Å²) in [4.78, 5) is 17.7. The number of fused-ring (bicyclic) bond motifs is 1. The molecular formula is C17H10Cl2N4O2. The van der Waals surface area contributed by atoms with Gasteiger partial charge >= 0.3 is 0 Å². The van der Waals surface area contributed by atoms with Gasteiger partial charge in [-0.05, 0) is 42.3 Å². The summed E-state index contributed by atoms with van der Waals surface area (Å²) < 4.78 is 0. The van der Waals surface area contributed by atoms with E-state index < -0.39 is 4.92 Å². The Hall–Kier alpha value is -2.88. The fraction of sp³-hybridized carbons (Fsp3) is 0.0588.